The van der Waals surface area contributed by atoms with Crippen molar-refractivity contribution < 1.29 is 4.74 Å². The summed E-state index contributed by atoms with van der Waals surface area (Å²) in [7, 11) is 1.91. The van der Waals surface area contributed by atoms with Crippen molar-refractivity contribution in [2.24, 2.45) is 13.0 Å². The highest BCUT2D eigenvalue weighted by Gasteiger charge is 2.27. The molecule has 0 N–H and O–H groups in total. The van der Waals surface area contributed by atoms with Crippen LogP contribution < -0.4 is 9.64 Å². The van der Waals surface area contributed by atoms with E-state index in [0.29, 0.717) is 18.4 Å². The molecule has 0 spiro atoms. The number of rotatable bonds is 4. The third-order valence-corrected chi connectivity index (χ3v) is 5.14. The van der Waals surface area contributed by atoms with Crippen LogP contribution in [-0.4, -0.2) is 49.6 Å². The normalized spacial score (nSPS) is 17.5. The first-order chi connectivity index (χ1) is 13.3. The first-order valence-corrected chi connectivity index (χ1v) is 9.69. The summed E-state index contributed by atoms with van der Waals surface area (Å²) in [6.07, 6.45) is 2.90. The minimum Gasteiger partial charge on any atom is -0.476 e. The van der Waals surface area contributed by atoms with E-state index in [4.69, 9.17) is 4.74 Å². The van der Waals surface area contributed by atoms with Crippen LogP contribution in [0.1, 0.15) is 38.7 Å². The lowest BCUT2D eigenvalue weighted by Crippen LogP contribution is -2.23. The fourth-order valence-corrected chi connectivity index (χ4v) is 3.52. The van der Waals surface area contributed by atoms with Gasteiger partial charge < -0.3 is 9.64 Å². The molecule has 1 atom stereocenters. The lowest BCUT2D eigenvalue weighted by molar-refractivity contribution is 0.249. The predicted octanol–water partition coefficient (Wildman–Crippen LogP) is 2.66. The van der Waals surface area contributed by atoms with Gasteiger partial charge in [0.25, 0.3) is 0 Å². The van der Waals surface area contributed by atoms with Crippen molar-refractivity contribution in [3.8, 4) is 5.88 Å². The number of hydrogen-bond donors (Lipinski definition) is 0. The summed E-state index contributed by atoms with van der Waals surface area (Å²) in [5.41, 5.74) is 1.83. The van der Waals surface area contributed by atoms with E-state index in [9.17, 15) is 0 Å². The summed E-state index contributed by atoms with van der Waals surface area (Å²) in [4.78, 5) is 11.5. The SMILES string of the molecule is Cc1nc(N2CCC(COc3ccc(C(C)(C)C)nn3)C2)c2cnn(C)c2n1. The van der Waals surface area contributed by atoms with Gasteiger partial charge in [0.2, 0.25) is 5.88 Å². The van der Waals surface area contributed by atoms with Crippen LogP contribution in [0.5, 0.6) is 5.88 Å². The molecule has 8 nitrogen and oxygen atoms in total. The Morgan fingerprint density at radius 2 is 2.00 bits per heavy atom. The van der Waals surface area contributed by atoms with Gasteiger partial charge in [0.05, 0.1) is 23.9 Å². The average molecular weight is 381 g/mol. The maximum atomic E-state index is 5.91. The number of aromatic nitrogens is 6. The van der Waals surface area contributed by atoms with Crippen molar-refractivity contribution >= 4 is 16.9 Å². The lowest BCUT2D eigenvalue weighted by atomic mass is 9.92. The van der Waals surface area contributed by atoms with E-state index in [-0.39, 0.29) is 5.41 Å². The molecule has 0 bridgehead atoms. The number of hydrogen-bond acceptors (Lipinski definition) is 7. The molecule has 3 aromatic heterocycles. The van der Waals surface area contributed by atoms with E-state index in [0.717, 1.165) is 47.9 Å². The molecule has 3 aromatic rings. The smallest absolute Gasteiger partial charge is 0.233 e. The quantitative estimate of drug-likeness (QED) is 0.687. The molecule has 0 aromatic carbocycles. The fraction of sp³-hybridized carbons (Fsp3) is 0.550. The van der Waals surface area contributed by atoms with Crippen LogP contribution in [-0.2, 0) is 12.5 Å². The molecule has 4 heterocycles. The average Bonchev–Trinajstić information content (AvgIpc) is 3.26. The molecule has 0 amide bonds. The number of ether oxygens (including phenoxy) is 1. The molecule has 1 aliphatic heterocycles. The van der Waals surface area contributed by atoms with Gasteiger partial charge in [-0.05, 0) is 19.4 Å². The summed E-state index contributed by atoms with van der Waals surface area (Å²) in [5.74, 6) is 2.73. The zero-order valence-electron chi connectivity index (χ0n) is 17.2. The van der Waals surface area contributed by atoms with Gasteiger partial charge in [0, 0.05) is 37.5 Å². The Morgan fingerprint density at radius 3 is 2.71 bits per heavy atom. The highest BCUT2D eigenvalue weighted by molar-refractivity contribution is 5.87. The molecule has 0 radical (unpaired) electrons. The van der Waals surface area contributed by atoms with Crippen LogP contribution in [0.2, 0.25) is 0 Å². The third-order valence-electron chi connectivity index (χ3n) is 5.14. The van der Waals surface area contributed by atoms with E-state index in [1.807, 2.05) is 32.3 Å². The molecule has 1 fully saturated rings. The maximum Gasteiger partial charge on any atom is 0.233 e. The summed E-state index contributed by atoms with van der Waals surface area (Å²) < 4.78 is 7.70. The number of aryl methyl sites for hydroxylation is 2. The van der Waals surface area contributed by atoms with Crippen LogP contribution in [0.3, 0.4) is 0 Å². The first-order valence-electron chi connectivity index (χ1n) is 9.69. The molecule has 4 rings (SSSR count). The van der Waals surface area contributed by atoms with Crippen LogP contribution in [0.15, 0.2) is 18.3 Å². The van der Waals surface area contributed by atoms with Crippen LogP contribution in [0, 0.1) is 12.8 Å². The van der Waals surface area contributed by atoms with Crippen molar-refractivity contribution in [3.05, 3.63) is 29.8 Å². The Kier molecular flexibility index (Phi) is 4.64. The monoisotopic (exact) mass is 381 g/mol. The Labute approximate surface area is 165 Å². The van der Waals surface area contributed by atoms with Crippen LogP contribution >= 0.6 is 0 Å². The van der Waals surface area contributed by atoms with Crippen molar-refractivity contribution in [1.82, 2.24) is 29.9 Å². The van der Waals surface area contributed by atoms with Gasteiger partial charge in [-0.25, -0.2) is 9.97 Å². The second-order valence-corrected chi connectivity index (χ2v) is 8.52. The van der Waals surface area contributed by atoms with Gasteiger partial charge in [0.1, 0.15) is 11.6 Å². The Bertz CT molecular complexity index is 975. The van der Waals surface area contributed by atoms with Crippen molar-refractivity contribution in [2.75, 3.05) is 24.6 Å². The van der Waals surface area contributed by atoms with Gasteiger partial charge in [-0.15, -0.1) is 5.10 Å². The van der Waals surface area contributed by atoms with Gasteiger partial charge in [-0.2, -0.15) is 10.2 Å². The summed E-state index contributed by atoms with van der Waals surface area (Å²) in [6, 6.07) is 3.90. The molecule has 1 aliphatic rings. The minimum atomic E-state index is -0.00914. The van der Waals surface area contributed by atoms with E-state index in [1.165, 1.54) is 0 Å². The third kappa shape index (κ3) is 3.63. The fourth-order valence-electron chi connectivity index (χ4n) is 3.52. The van der Waals surface area contributed by atoms with Gasteiger partial charge in [-0.3, -0.25) is 4.68 Å². The van der Waals surface area contributed by atoms with Crippen molar-refractivity contribution in [3.63, 3.8) is 0 Å². The summed E-state index contributed by atoms with van der Waals surface area (Å²) >= 11 is 0. The largest absolute Gasteiger partial charge is 0.476 e. The second kappa shape index (κ2) is 7.00. The molecule has 148 valence electrons. The van der Waals surface area contributed by atoms with E-state index in [1.54, 1.807) is 4.68 Å². The maximum absolute atomic E-state index is 5.91. The molecule has 0 saturated carbocycles. The highest BCUT2D eigenvalue weighted by atomic mass is 16.5. The van der Waals surface area contributed by atoms with E-state index < -0.39 is 0 Å². The molecule has 28 heavy (non-hydrogen) atoms. The molecule has 1 saturated heterocycles. The van der Waals surface area contributed by atoms with Crippen molar-refractivity contribution in [1.29, 1.82) is 0 Å². The molecular formula is C20H27N7O. The highest BCUT2D eigenvalue weighted by Crippen LogP contribution is 2.29. The summed E-state index contributed by atoms with van der Waals surface area (Å²) in [5, 5.41) is 13.8. The summed E-state index contributed by atoms with van der Waals surface area (Å²) in [6.45, 7) is 10.8. The topological polar surface area (TPSA) is 81.9 Å². The zero-order valence-corrected chi connectivity index (χ0v) is 17.2. The van der Waals surface area contributed by atoms with E-state index >= 15 is 0 Å². The van der Waals surface area contributed by atoms with Gasteiger partial charge in [0.15, 0.2) is 5.65 Å². The Hall–Kier alpha value is -2.77. The number of nitrogens with zero attached hydrogens (tertiary/aromatic N) is 7. The molecule has 1 unspecified atom stereocenters. The predicted molar refractivity (Wildman–Crippen MR) is 108 cm³/mol. The van der Waals surface area contributed by atoms with Gasteiger partial charge in [-0.1, -0.05) is 20.8 Å². The molecule has 8 heteroatoms. The van der Waals surface area contributed by atoms with Crippen LogP contribution in [0.4, 0.5) is 5.82 Å². The zero-order chi connectivity index (χ0) is 19.9. The first kappa shape index (κ1) is 18.6. The molecule has 0 aliphatic carbocycles. The van der Waals surface area contributed by atoms with Crippen molar-refractivity contribution in [2.45, 2.75) is 39.5 Å². The van der Waals surface area contributed by atoms with E-state index in [2.05, 4.69) is 50.9 Å². The minimum absolute atomic E-state index is 0.00914. The molecular weight excluding hydrogens is 354 g/mol. The van der Waals surface area contributed by atoms with Gasteiger partial charge >= 0.3 is 0 Å². The number of anilines is 1. The Morgan fingerprint density at radius 1 is 1.18 bits per heavy atom. The Balaban J connectivity index is 1.41. The lowest BCUT2D eigenvalue weighted by Gasteiger charge is -2.19. The van der Waals surface area contributed by atoms with Crippen LogP contribution in [0.25, 0.3) is 11.0 Å². The standard InChI is InChI=1S/C20H27N7O/c1-13-22-18-15(10-21-26(18)5)19(23-13)27-9-8-14(11-27)12-28-17-7-6-16(24-25-17)20(2,3)4/h6-7,10,14H,8-9,11-12H2,1-5H3. The number of fused-ring (bicyclic) bond motifs is 1. The second-order valence-electron chi connectivity index (χ2n) is 8.52.